The van der Waals surface area contributed by atoms with Gasteiger partial charge in [-0.3, -0.25) is 19.2 Å². The van der Waals surface area contributed by atoms with Gasteiger partial charge in [-0.25, -0.2) is 0 Å². The second kappa shape index (κ2) is 9.43. The van der Waals surface area contributed by atoms with Gasteiger partial charge in [-0.1, -0.05) is 18.9 Å². The number of hydrogen-bond donors (Lipinski definition) is 2. The van der Waals surface area contributed by atoms with Gasteiger partial charge >= 0.3 is 5.97 Å². The van der Waals surface area contributed by atoms with E-state index in [1.807, 2.05) is 49.7 Å². The van der Waals surface area contributed by atoms with E-state index in [0.29, 0.717) is 24.3 Å². The molecule has 0 saturated heterocycles. The Morgan fingerprint density at radius 2 is 2.00 bits per heavy atom. The van der Waals surface area contributed by atoms with E-state index < -0.39 is 5.60 Å². The molecule has 2 aromatic heterocycles. The lowest BCUT2D eigenvalue weighted by atomic mass is 9.85. The van der Waals surface area contributed by atoms with E-state index >= 15 is 0 Å². The van der Waals surface area contributed by atoms with Crippen LogP contribution in [0.25, 0.3) is 10.9 Å². The third-order valence-corrected chi connectivity index (χ3v) is 6.87. The lowest BCUT2D eigenvalue weighted by Gasteiger charge is -2.27. The van der Waals surface area contributed by atoms with E-state index in [4.69, 9.17) is 9.84 Å². The molecule has 1 aliphatic carbocycles. The molecule has 0 amide bonds. The molecule has 9 nitrogen and oxygen atoms in total. The van der Waals surface area contributed by atoms with Gasteiger partial charge in [0.05, 0.1) is 30.1 Å². The van der Waals surface area contributed by atoms with Gasteiger partial charge in [0.1, 0.15) is 11.0 Å². The van der Waals surface area contributed by atoms with Crippen LogP contribution < -0.4 is 10.9 Å². The van der Waals surface area contributed by atoms with Crippen LogP contribution in [-0.2, 0) is 22.6 Å². The van der Waals surface area contributed by atoms with Crippen LogP contribution in [0.4, 0.5) is 11.5 Å². The average molecular weight is 489 g/mol. The number of nitrogens with one attached hydrogen (secondary N) is 2. The molecule has 2 unspecified atom stereocenters. The fourth-order valence-corrected chi connectivity index (χ4v) is 5.34. The summed E-state index contributed by atoms with van der Waals surface area (Å²) in [5, 5.41) is 18.4. The molecule has 188 valence electrons. The minimum Gasteiger partial charge on any atom is -0.459 e. The number of nitrogens with zero attached hydrogens (tertiary/aromatic N) is 4. The molecular weight excluding hydrogens is 456 g/mol. The Labute approximate surface area is 210 Å². The maximum atomic E-state index is 12.8. The van der Waals surface area contributed by atoms with Crippen molar-refractivity contribution >= 4 is 28.4 Å². The number of hydrogen-bond acceptors (Lipinski definition) is 7. The van der Waals surface area contributed by atoms with Crippen molar-refractivity contribution in [1.82, 2.24) is 19.7 Å². The summed E-state index contributed by atoms with van der Waals surface area (Å²) in [6.45, 7) is 7.17. The minimum atomic E-state index is -0.504. The quantitative estimate of drug-likeness (QED) is 0.512. The average Bonchev–Trinajstić information content (AvgIpc) is 3.39. The van der Waals surface area contributed by atoms with Gasteiger partial charge in [-0.15, -0.1) is 0 Å². The highest BCUT2D eigenvalue weighted by molar-refractivity contribution is 5.91. The van der Waals surface area contributed by atoms with E-state index in [1.54, 1.807) is 6.20 Å². The van der Waals surface area contributed by atoms with Crippen molar-refractivity contribution in [1.29, 1.82) is 5.26 Å². The first kappa shape index (κ1) is 24.1. The van der Waals surface area contributed by atoms with E-state index in [2.05, 4.69) is 21.3 Å². The van der Waals surface area contributed by atoms with Gasteiger partial charge in [0.15, 0.2) is 5.82 Å². The van der Waals surface area contributed by atoms with Crippen molar-refractivity contribution in [3.05, 3.63) is 51.9 Å². The van der Waals surface area contributed by atoms with Crippen LogP contribution in [0.1, 0.15) is 63.6 Å². The number of carbonyl (C=O) groups is 1. The molecule has 0 bridgehead atoms. The Morgan fingerprint density at radius 1 is 1.22 bits per heavy atom. The first-order chi connectivity index (χ1) is 17.2. The highest BCUT2D eigenvalue weighted by Crippen LogP contribution is 2.37. The molecule has 0 spiro atoms. The summed E-state index contributed by atoms with van der Waals surface area (Å²) in [6, 6.07) is 10.3. The first-order valence-corrected chi connectivity index (χ1v) is 12.5. The molecule has 2 aliphatic rings. The number of esters is 1. The molecule has 1 aromatic carbocycles. The number of anilines is 2. The molecule has 1 aliphatic heterocycles. The summed E-state index contributed by atoms with van der Waals surface area (Å²) in [4.78, 5) is 29.9. The van der Waals surface area contributed by atoms with Crippen molar-refractivity contribution in [3.8, 4) is 6.07 Å². The van der Waals surface area contributed by atoms with Crippen molar-refractivity contribution in [3.63, 3.8) is 0 Å². The summed E-state index contributed by atoms with van der Waals surface area (Å²) in [7, 11) is 0. The summed E-state index contributed by atoms with van der Waals surface area (Å²) in [5.41, 5.74) is 3.13. The molecule has 3 aromatic rings. The summed E-state index contributed by atoms with van der Waals surface area (Å²) >= 11 is 0. The number of aromatic nitrogens is 3. The smallest absolute Gasteiger partial charge is 0.320 e. The van der Waals surface area contributed by atoms with Crippen LogP contribution in [0.15, 0.2) is 35.3 Å². The van der Waals surface area contributed by atoms with E-state index in [1.165, 1.54) is 0 Å². The summed E-state index contributed by atoms with van der Waals surface area (Å²) in [5.74, 6) is 0.130. The number of fused-ring (bicyclic) bond motifs is 2. The Morgan fingerprint density at radius 3 is 2.78 bits per heavy atom. The summed E-state index contributed by atoms with van der Waals surface area (Å²) in [6.07, 6.45) is 5.43. The maximum absolute atomic E-state index is 12.8. The van der Waals surface area contributed by atoms with Crippen LogP contribution in [0.5, 0.6) is 0 Å². The van der Waals surface area contributed by atoms with Gasteiger partial charge < -0.3 is 15.0 Å². The standard InChI is InChI=1S/C27H32N6O3/c1-27(2,3)36-23(34)16-32-14-18-8-9-20(12-19(18)15-32)30-25-24-22(10-11-29-26(24)35)33(31-25)21-7-5-4-6-17(21)13-28/h8-12,17,21H,4-7,14-16H2,1-3H3,(H,29,35)(H,30,31). The molecule has 9 heteroatoms. The number of aromatic amines is 1. The predicted molar refractivity (Wildman–Crippen MR) is 137 cm³/mol. The van der Waals surface area contributed by atoms with Crippen LogP contribution in [0.3, 0.4) is 0 Å². The fourth-order valence-electron chi connectivity index (χ4n) is 5.34. The van der Waals surface area contributed by atoms with Gasteiger partial charge in [-0.2, -0.15) is 10.4 Å². The lowest BCUT2D eigenvalue weighted by Crippen LogP contribution is -2.32. The van der Waals surface area contributed by atoms with Crippen molar-refractivity contribution < 1.29 is 9.53 Å². The molecule has 36 heavy (non-hydrogen) atoms. The first-order valence-electron chi connectivity index (χ1n) is 12.5. The number of rotatable bonds is 5. The Bertz CT molecular complexity index is 1390. The zero-order valence-electron chi connectivity index (χ0n) is 21.0. The molecule has 2 atom stereocenters. The molecular formula is C27H32N6O3. The maximum Gasteiger partial charge on any atom is 0.320 e. The zero-order valence-corrected chi connectivity index (χ0v) is 21.0. The number of carbonyl (C=O) groups excluding carboxylic acids is 1. The van der Waals surface area contributed by atoms with Gasteiger partial charge in [0, 0.05) is 25.0 Å². The number of ether oxygens (including phenoxy) is 1. The molecule has 0 radical (unpaired) electrons. The van der Waals surface area contributed by atoms with E-state index in [0.717, 1.165) is 48.0 Å². The normalized spacial score (nSPS) is 20.2. The minimum absolute atomic E-state index is 0.0509. The SMILES string of the molecule is CC(C)(C)OC(=O)CN1Cc2ccc(Nc3nn(C4CCCCC4C#N)c4cc[nH]c(=O)c34)cc2C1. The fraction of sp³-hybridized carbons (Fsp3) is 0.481. The largest absolute Gasteiger partial charge is 0.459 e. The third-order valence-electron chi connectivity index (χ3n) is 6.87. The number of benzene rings is 1. The monoisotopic (exact) mass is 488 g/mol. The van der Waals surface area contributed by atoms with E-state index in [9.17, 15) is 14.9 Å². The highest BCUT2D eigenvalue weighted by Gasteiger charge is 2.30. The molecule has 3 heterocycles. The summed E-state index contributed by atoms with van der Waals surface area (Å²) < 4.78 is 7.34. The Balaban J connectivity index is 1.39. The zero-order chi connectivity index (χ0) is 25.4. The highest BCUT2D eigenvalue weighted by atomic mass is 16.6. The predicted octanol–water partition coefficient (Wildman–Crippen LogP) is 4.38. The molecule has 2 N–H and O–H groups in total. The van der Waals surface area contributed by atoms with Gasteiger partial charge in [0.2, 0.25) is 0 Å². The lowest BCUT2D eigenvalue weighted by molar-refractivity contribution is -0.156. The van der Waals surface area contributed by atoms with Crippen LogP contribution in [0.2, 0.25) is 0 Å². The van der Waals surface area contributed by atoms with Gasteiger partial charge in [0.25, 0.3) is 5.56 Å². The Hall–Kier alpha value is -3.64. The second-order valence-corrected chi connectivity index (χ2v) is 10.8. The third kappa shape index (κ3) is 4.86. The number of nitriles is 1. The molecule has 1 saturated carbocycles. The van der Waals surface area contributed by atoms with Crippen LogP contribution >= 0.6 is 0 Å². The molecule has 1 fully saturated rings. The van der Waals surface area contributed by atoms with E-state index in [-0.39, 0.29) is 30.0 Å². The Kier molecular flexibility index (Phi) is 6.31. The van der Waals surface area contributed by atoms with Crippen LogP contribution in [-0.4, -0.2) is 37.8 Å². The number of pyridine rings is 1. The van der Waals surface area contributed by atoms with Gasteiger partial charge in [-0.05, 0) is 62.9 Å². The molecule has 5 rings (SSSR count). The number of H-pyrrole nitrogens is 1. The van der Waals surface area contributed by atoms with Crippen LogP contribution in [0, 0.1) is 17.2 Å². The van der Waals surface area contributed by atoms with Crippen molar-refractivity contribution in [2.24, 2.45) is 5.92 Å². The van der Waals surface area contributed by atoms with Crippen molar-refractivity contribution in [2.45, 2.75) is 71.2 Å². The topological polar surface area (TPSA) is 116 Å². The second-order valence-electron chi connectivity index (χ2n) is 10.8. The van der Waals surface area contributed by atoms with Crippen molar-refractivity contribution in [2.75, 3.05) is 11.9 Å².